The normalized spacial score (nSPS) is 16.8. The van der Waals surface area contributed by atoms with Crippen LogP contribution in [-0.2, 0) is 6.42 Å². The molecule has 82 valence electrons. The average Bonchev–Trinajstić information content (AvgIpc) is 2.41. The average molecular weight is 206 g/mol. The summed E-state index contributed by atoms with van der Waals surface area (Å²) < 4.78 is 11.5. The van der Waals surface area contributed by atoms with Crippen LogP contribution in [0, 0.1) is 6.92 Å². The number of hydrogen-bond acceptors (Lipinski definition) is 2. The van der Waals surface area contributed by atoms with Crippen LogP contribution >= 0.6 is 0 Å². The number of rotatable bonds is 2. The minimum absolute atomic E-state index is 0.516. The van der Waals surface area contributed by atoms with E-state index >= 15 is 0 Å². The molecule has 2 rings (SSSR count). The van der Waals surface area contributed by atoms with Gasteiger partial charge in [-0.05, 0) is 30.5 Å². The number of benzene rings is 1. The highest BCUT2D eigenvalue weighted by atomic mass is 16.7. The largest absolute Gasteiger partial charge is 0.449 e. The molecule has 1 aliphatic heterocycles. The molecular formula is C13H18O2. The molecule has 1 aromatic carbocycles. The van der Waals surface area contributed by atoms with Crippen LogP contribution in [-0.4, -0.2) is 5.79 Å². The zero-order valence-electron chi connectivity index (χ0n) is 9.89. The first-order valence-corrected chi connectivity index (χ1v) is 5.53. The topological polar surface area (TPSA) is 18.5 Å². The molecule has 0 aliphatic carbocycles. The Morgan fingerprint density at radius 3 is 2.60 bits per heavy atom. The van der Waals surface area contributed by atoms with Crippen LogP contribution in [0.2, 0.25) is 0 Å². The SMILES string of the molecule is CCCc1cc(C)c2c(c1)OC(C)(C)O2. The zero-order valence-corrected chi connectivity index (χ0v) is 9.89. The van der Waals surface area contributed by atoms with E-state index in [1.54, 1.807) is 0 Å². The zero-order chi connectivity index (χ0) is 11.1. The van der Waals surface area contributed by atoms with Crippen molar-refractivity contribution in [1.29, 1.82) is 0 Å². The molecule has 0 bridgehead atoms. The van der Waals surface area contributed by atoms with Gasteiger partial charge in [-0.1, -0.05) is 19.4 Å². The molecule has 1 heterocycles. The summed E-state index contributed by atoms with van der Waals surface area (Å²) >= 11 is 0. The molecule has 15 heavy (non-hydrogen) atoms. The summed E-state index contributed by atoms with van der Waals surface area (Å²) in [5.41, 5.74) is 2.50. The molecule has 0 unspecified atom stereocenters. The molecule has 2 nitrogen and oxygen atoms in total. The summed E-state index contributed by atoms with van der Waals surface area (Å²) in [5.74, 6) is 1.28. The van der Waals surface area contributed by atoms with E-state index in [1.165, 1.54) is 11.1 Å². The molecule has 1 aromatic rings. The van der Waals surface area contributed by atoms with E-state index in [9.17, 15) is 0 Å². The van der Waals surface area contributed by atoms with E-state index < -0.39 is 5.79 Å². The predicted octanol–water partition coefficient (Wildman–Crippen LogP) is 3.45. The summed E-state index contributed by atoms with van der Waals surface area (Å²) in [6, 6.07) is 4.29. The van der Waals surface area contributed by atoms with Gasteiger partial charge >= 0.3 is 0 Å². The van der Waals surface area contributed by atoms with Crippen molar-refractivity contribution < 1.29 is 9.47 Å². The van der Waals surface area contributed by atoms with Crippen LogP contribution in [0.15, 0.2) is 12.1 Å². The summed E-state index contributed by atoms with van der Waals surface area (Å²) in [4.78, 5) is 0. The summed E-state index contributed by atoms with van der Waals surface area (Å²) in [6.45, 7) is 8.13. The summed E-state index contributed by atoms with van der Waals surface area (Å²) in [6.07, 6.45) is 2.25. The second kappa shape index (κ2) is 3.44. The summed E-state index contributed by atoms with van der Waals surface area (Å²) in [7, 11) is 0. The third kappa shape index (κ3) is 1.94. The molecule has 0 N–H and O–H groups in total. The molecule has 0 spiro atoms. The van der Waals surface area contributed by atoms with Crippen molar-refractivity contribution in [1.82, 2.24) is 0 Å². The Hall–Kier alpha value is -1.18. The van der Waals surface area contributed by atoms with Gasteiger partial charge in [-0.3, -0.25) is 0 Å². The number of aryl methyl sites for hydroxylation is 2. The minimum atomic E-state index is -0.516. The molecule has 0 aromatic heterocycles. The van der Waals surface area contributed by atoms with E-state index in [4.69, 9.17) is 9.47 Å². The lowest BCUT2D eigenvalue weighted by Gasteiger charge is -2.16. The van der Waals surface area contributed by atoms with Crippen molar-refractivity contribution in [2.24, 2.45) is 0 Å². The number of hydrogen-bond donors (Lipinski definition) is 0. The van der Waals surface area contributed by atoms with Crippen molar-refractivity contribution in [2.45, 2.75) is 46.3 Å². The molecule has 0 saturated carbocycles. The van der Waals surface area contributed by atoms with Gasteiger partial charge in [0.05, 0.1) is 0 Å². The standard InChI is InChI=1S/C13H18O2/c1-5-6-10-7-9(2)12-11(8-10)14-13(3,4)15-12/h7-8H,5-6H2,1-4H3. The Bertz CT molecular complexity index is 380. The van der Waals surface area contributed by atoms with Gasteiger partial charge in [0.15, 0.2) is 11.5 Å². The van der Waals surface area contributed by atoms with Crippen LogP contribution in [0.25, 0.3) is 0 Å². The van der Waals surface area contributed by atoms with Crippen molar-refractivity contribution in [2.75, 3.05) is 0 Å². The van der Waals surface area contributed by atoms with Gasteiger partial charge in [-0.15, -0.1) is 0 Å². The van der Waals surface area contributed by atoms with Gasteiger partial charge in [0, 0.05) is 13.8 Å². The van der Waals surface area contributed by atoms with E-state index in [0.717, 1.165) is 24.3 Å². The maximum atomic E-state index is 5.74. The first-order chi connectivity index (χ1) is 7.02. The third-order valence-electron chi connectivity index (χ3n) is 2.54. The molecule has 1 aliphatic rings. The lowest BCUT2D eigenvalue weighted by atomic mass is 10.1. The molecule has 0 radical (unpaired) electrons. The lowest BCUT2D eigenvalue weighted by molar-refractivity contribution is -0.0434. The van der Waals surface area contributed by atoms with Crippen molar-refractivity contribution in [3.63, 3.8) is 0 Å². The number of ether oxygens (including phenoxy) is 2. The van der Waals surface area contributed by atoms with E-state index in [2.05, 4.69) is 26.0 Å². The third-order valence-corrected chi connectivity index (χ3v) is 2.54. The second-order valence-electron chi connectivity index (χ2n) is 4.59. The highest BCUT2D eigenvalue weighted by Gasteiger charge is 2.32. The van der Waals surface area contributed by atoms with Gasteiger partial charge in [0.2, 0.25) is 5.79 Å². The molecular weight excluding hydrogens is 188 g/mol. The van der Waals surface area contributed by atoms with Crippen molar-refractivity contribution >= 4 is 0 Å². The van der Waals surface area contributed by atoms with Gasteiger partial charge in [0.1, 0.15) is 0 Å². The van der Waals surface area contributed by atoms with Crippen LogP contribution in [0.1, 0.15) is 38.3 Å². The van der Waals surface area contributed by atoms with Crippen LogP contribution in [0.3, 0.4) is 0 Å². The Morgan fingerprint density at radius 1 is 1.20 bits per heavy atom. The van der Waals surface area contributed by atoms with Gasteiger partial charge < -0.3 is 9.47 Å². The van der Waals surface area contributed by atoms with Crippen LogP contribution < -0.4 is 9.47 Å². The first kappa shape index (κ1) is 10.3. The molecule has 0 saturated heterocycles. The molecule has 0 atom stereocenters. The fourth-order valence-electron chi connectivity index (χ4n) is 1.98. The number of fused-ring (bicyclic) bond motifs is 1. The van der Waals surface area contributed by atoms with Gasteiger partial charge in [0.25, 0.3) is 0 Å². The van der Waals surface area contributed by atoms with E-state index in [1.807, 2.05) is 13.8 Å². The molecule has 0 fully saturated rings. The van der Waals surface area contributed by atoms with Crippen LogP contribution in [0.5, 0.6) is 11.5 Å². The lowest BCUT2D eigenvalue weighted by Crippen LogP contribution is -2.29. The summed E-state index contributed by atoms with van der Waals surface area (Å²) in [5, 5.41) is 0. The highest BCUT2D eigenvalue weighted by Crippen LogP contribution is 2.42. The molecule has 0 amide bonds. The Labute approximate surface area is 91.2 Å². The highest BCUT2D eigenvalue weighted by molar-refractivity contribution is 5.51. The quantitative estimate of drug-likeness (QED) is 0.737. The first-order valence-electron chi connectivity index (χ1n) is 5.53. The predicted molar refractivity (Wildman–Crippen MR) is 60.5 cm³/mol. The van der Waals surface area contributed by atoms with Gasteiger partial charge in [-0.2, -0.15) is 0 Å². The van der Waals surface area contributed by atoms with E-state index in [-0.39, 0.29) is 0 Å². The Balaban J connectivity index is 2.38. The fraction of sp³-hybridized carbons (Fsp3) is 0.538. The second-order valence-corrected chi connectivity index (χ2v) is 4.59. The smallest absolute Gasteiger partial charge is 0.246 e. The van der Waals surface area contributed by atoms with Gasteiger partial charge in [-0.25, -0.2) is 0 Å². The fourth-order valence-corrected chi connectivity index (χ4v) is 1.98. The van der Waals surface area contributed by atoms with Crippen molar-refractivity contribution in [3.8, 4) is 11.5 Å². The van der Waals surface area contributed by atoms with Crippen molar-refractivity contribution in [3.05, 3.63) is 23.3 Å². The molecule has 2 heteroatoms. The van der Waals surface area contributed by atoms with E-state index in [0.29, 0.717) is 0 Å². The Kier molecular flexibility index (Phi) is 2.37. The monoisotopic (exact) mass is 206 g/mol. The minimum Gasteiger partial charge on any atom is -0.449 e. The maximum absolute atomic E-state index is 5.74. The maximum Gasteiger partial charge on any atom is 0.246 e. The van der Waals surface area contributed by atoms with Crippen LogP contribution in [0.4, 0.5) is 0 Å². The Morgan fingerprint density at radius 2 is 1.93 bits per heavy atom.